The number of hydrogen-bond acceptors (Lipinski definition) is 4. The highest BCUT2D eigenvalue weighted by molar-refractivity contribution is 5.77. The molecule has 0 spiro atoms. The van der Waals surface area contributed by atoms with Gasteiger partial charge in [0.15, 0.2) is 0 Å². The van der Waals surface area contributed by atoms with Crippen LogP contribution >= 0.6 is 0 Å². The molecule has 3 saturated carbocycles. The van der Waals surface area contributed by atoms with Crippen molar-refractivity contribution in [3.05, 3.63) is 59.3 Å². The van der Waals surface area contributed by atoms with Gasteiger partial charge in [-0.2, -0.15) is 14.6 Å². The van der Waals surface area contributed by atoms with Crippen LogP contribution in [0.15, 0.2) is 42.2 Å². The molecule has 1 N–H and O–H groups in total. The zero-order valence-electron chi connectivity index (χ0n) is 28.5. The Bertz CT molecular complexity index is 1810. The van der Waals surface area contributed by atoms with E-state index in [2.05, 4.69) is 64.6 Å². The third kappa shape index (κ3) is 3.58. The number of aliphatic carboxylic acids is 1. The summed E-state index contributed by atoms with van der Waals surface area (Å²) in [5.74, 6) is 1.53. The van der Waals surface area contributed by atoms with Crippen molar-refractivity contribution in [1.82, 2.24) is 19.6 Å². The summed E-state index contributed by atoms with van der Waals surface area (Å²) in [5.41, 5.74) is 4.50. The molecule has 9 atom stereocenters. The number of carboxylic acids is 1. The molecule has 46 heavy (non-hydrogen) atoms. The van der Waals surface area contributed by atoms with Crippen LogP contribution in [0.2, 0.25) is 0 Å². The molecule has 244 valence electrons. The van der Waals surface area contributed by atoms with Crippen LogP contribution in [0.1, 0.15) is 105 Å². The number of allylic oxidation sites excluding steroid dienone is 2. The van der Waals surface area contributed by atoms with Gasteiger partial charge < -0.3 is 5.11 Å². The van der Waals surface area contributed by atoms with Gasteiger partial charge in [0.1, 0.15) is 12.1 Å². The second kappa shape index (κ2) is 9.50. The van der Waals surface area contributed by atoms with Crippen LogP contribution in [-0.2, 0) is 16.6 Å². The van der Waals surface area contributed by atoms with E-state index >= 15 is 0 Å². The highest BCUT2D eigenvalue weighted by Gasteiger charge is 2.69. The predicted molar refractivity (Wildman–Crippen MR) is 176 cm³/mol. The van der Waals surface area contributed by atoms with Crippen LogP contribution in [0.4, 0.5) is 4.39 Å². The Morgan fingerprint density at radius 1 is 1.02 bits per heavy atom. The number of aromatic nitrogens is 4. The Balaban J connectivity index is 1.30. The van der Waals surface area contributed by atoms with Gasteiger partial charge in [0, 0.05) is 16.5 Å². The standard InChI is InChI=1S/C39H49FN4O2/c1-22-13-16-39(33(45)46)18-17-37(6)27(30(39)23(22)2)11-12-29-36(5)20-26-31(24-9-8-10-25(40)19-24)44-34(41-21-42-44)43-32(26)35(3,4)28(36)14-15-38(29,37)7/h8-11,19,21-23,28-30H,12-18,20H2,1-7H3,(H,45,46)/t22-,23+,28?,29?,30?,36+,37-,38-,39+/m1/s1. The van der Waals surface area contributed by atoms with Crippen molar-refractivity contribution < 1.29 is 14.3 Å². The van der Waals surface area contributed by atoms with Gasteiger partial charge in [-0.25, -0.2) is 9.37 Å². The minimum atomic E-state index is -0.637. The van der Waals surface area contributed by atoms with E-state index in [-0.39, 0.29) is 33.4 Å². The molecule has 2 aromatic heterocycles. The van der Waals surface area contributed by atoms with Gasteiger partial charge in [-0.3, -0.25) is 4.79 Å². The predicted octanol–water partition coefficient (Wildman–Crippen LogP) is 8.69. The van der Waals surface area contributed by atoms with Gasteiger partial charge in [0.25, 0.3) is 5.78 Å². The number of benzene rings is 1. The Labute approximate surface area is 272 Å². The number of halogens is 1. The second-order valence-corrected chi connectivity index (χ2v) is 17.3. The van der Waals surface area contributed by atoms with Crippen LogP contribution in [0.5, 0.6) is 0 Å². The maximum absolute atomic E-state index is 14.7. The molecular formula is C39H49FN4O2. The van der Waals surface area contributed by atoms with Crippen molar-refractivity contribution in [1.29, 1.82) is 0 Å². The van der Waals surface area contributed by atoms with Gasteiger partial charge in [-0.1, -0.05) is 72.2 Å². The molecule has 0 saturated heterocycles. The zero-order chi connectivity index (χ0) is 32.6. The molecule has 7 heteroatoms. The topological polar surface area (TPSA) is 80.4 Å². The molecule has 1 aromatic carbocycles. The van der Waals surface area contributed by atoms with E-state index in [0.717, 1.165) is 68.3 Å². The van der Waals surface area contributed by atoms with Crippen LogP contribution < -0.4 is 0 Å². The van der Waals surface area contributed by atoms with E-state index in [1.54, 1.807) is 18.5 Å². The Hall–Kier alpha value is -3.09. The molecule has 0 aliphatic heterocycles. The van der Waals surface area contributed by atoms with E-state index in [1.165, 1.54) is 17.2 Å². The Kier molecular flexibility index (Phi) is 6.25. The largest absolute Gasteiger partial charge is 0.481 e. The number of fused-ring (bicyclic) bond motifs is 9. The first-order valence-electron chi connectivity index (χ1n) is 17.6. The number of carbonyl (C=O) groups is 1. The van der Waals surface area contributed by atoms with Gasteiger partial charge >= 0.3 is 5.97 Å². The molecule has 2 heterocycles. The molecule has 0 bridgehead atoms. The maximum Gasteiger partial charge on any atom is 0.310 e. The Morgan fingerprint density at radius 3 is 2.54 bits per heavy atom. The van der Waals surface area contributed by atoms with Crippen molar-refractivity contribution in [2.24, 2.45) is 51.2 Å². The molecule has 0 radical (unpaired) electrons. The minimum absolute atomic E-state index is 0.0325. The van der Waals surface area contributed by atoms with Crippen LogP contribution in [-0.4, -0.2) is 30.7 Å². The summed E-state index contributed by atoms with van der Waals surface area (Å²) in [5, 5.41) is 15.4. The van der Waals surface area contributed by atoms with E-state index in [9.17, 15) is 14.3 Å². The fourth-order valence-corrected chi connectivity index (χ4v) is 12.7. The Morgan fingerprint density at radius 2 is 1.80 bits per heavy atom. The van der Waals surface area contributed by atoms with Crippen LogP contribution in [0.3, 0.4) is 0 Å². The van der Waals surface area contributed by atoms with E-state index < -0.39 is 11.4 Å². The molecule has 8 rings (SSSR count). The van der Waals surface area contributed by atoms with Crippen molar-refractivity contribution >= 4 is 11.7 Å². The number of carboxylic acid groups (broad SMARTS) is 1. The molecule has 6 nitrogen and oxygen atoms in total. The van der Waals surface area contributed by atoms with Gasteiger partial charge in [-0.05, 0) is 109 Å². The smallest absolute Gasteiger partial charge is 0.310 e. The van der Waals surface area contributed by atoms with Gasteiger partial charge in [-0.15, -0.1) is 0 Å². The summed E-state index contributed by atoms with van der Waals surface area (Å²) in [6.45, 7) is 17.0. The summed E-state index contributed by atoms with van der Waals surface area (Å²) in [6.07, 6.45) is 11.7. The monoisotopic (exact) mass is 624 g/mol. The lowest BCUT2D eigenvalue weighted by molar-refractivity contribution is -0.179. The normalized spacial score (nSPS) is 41.0. The fraction of sp³-hybridized carbons (Fsp3) is 0.641. The quantitative estimate of drug-likeness (QED) is 0.289. The van der Waals surface area contributed by atoms with Crippen LogP contribution in [0, 0.1) is 57.1 Å². The third-order valence-electron chi connectivity index (χ3n) is 15.3. The molecule has 5 aliphatic rings. The summed E-state index contributed by atoms with van der Waals surface area (Å²) in [7, 11) is 0. The molecular weight excluding hydrogens is 575 g/mol. The SMILES string of the molecule is C[C@@H]1CC[C@]2(C(=O)O)CC[C@]3(C)C(=CCC4[C@@]5(C)Cc6c(nc7ncnn7c6-c6cccc(F)c6)C(C)(C)C5CC[C@]43C)C2[C@H]1C. The lowest BCUT2D eigenvalue weighted by Gasteiger charge is -2.70. The van der Waals surface area contributed by atoms with E-state index in [1.807, 2.05) is 10.6 Å². The first kappa shape index (κ1) is 30.3. The van der Waals surface area contributed by atoms with Gasteiger partial charge in [0.2, 0.25) is 0 Å². The summed E-state index contributed by atoms with van der Waals surface area (Å²) < 4.78 is 16.5. The molecule has 3 fully saturated rings. The summed E-state index contributed by atoms with van der Waals surface area (Å²) in [4.78, 5) is 22.8. The zero-order valence-corrected chi connectivity index (χ0v) is 28.5. The lowest BCUT2D eigenvalue weighted by atomic mass is 9.33. The minimum Gasteiger partial charge on any atom is -0.481 e. The van der Waals surface area contributed by atoms with Crippen molar-refractivity contribution in [2.75, 3.05) is 0 Å². The van der Waals surface area contributed by atoms with E-state index in [4.69, 9.17) is 4.98 Å². The highest BCUT2D eigenvalue weighted by Crippen LogP contribution is 2.75. The molecule has 3 aromatic rings. The fourth-order valence-electron chi connectivity index (χ4n) is 12.7. The van der Waals surface area contributed by atoms with E-state index in [0.29, 0.717) is 29.4 Å². The molecule has 3 unspecified atom stereocenters. The molecule has 0 amide bonds. The average molecular weight is 625 g/mol. The van der Waals surface area contributed by atoms with Crippen molar-refractivity contribution in [3.8, 4) is 11.3 Å². The maximum atomic E-state index is 14.7. The van der Waals surface area contributed by atoms with Crippen molar-refractivity contribution in [2.45, 2.75) is 105 Å². The van der Waals surface area contributed by atoms with Crippen molar-refractivity contribution in [3.63, 3.8) is 0 Å². The highest BCUT2D eigenvalue weighted by atomic mass is 19.1. The lowest BCUT2D eigenvalue weighted by Crippen LogP contribution is -2.65. The first-order chi connectivity index (χ1) is 21.7. The molecule has 5 aliphatic carbocycles. The summed E-state index contributed by atoms with van der Waals surface area (Å²) in [6, 6.07) is 6.86. The third-order valence-corrected chi connectivity index (χ3v) is 15.3. The number of nitrogens with zero attached hydrogens (tertiary/aromatic N) is 4. The second-order valence-electron chi connectivity index (χ2n) is 17.3. The number of hydrogen-bond donors (Lipinski definition) is 1. The average Bonchev–Trinajstić information content (AvgIpc) is 3.46. The van der Waals surface area contributed by atoms with Gasteiger partial charge in [0.05, 0.1) is 16.8 Å². The first-order valence-corrected chi connectivity index (χ1v) is 17.6. The van der Waals surface area contributed by atoms with Crippen LogP contribution in [0.25, 0.3) is 17.0 Å². The number of rotatable bonds is 2. The summed E-state index contributed by atoms with van der Waals surface area (Å²) >= 11 is 0.